The highest BCUT2D eigenvalue weighted by Gasteiger charge is 2.46. The molecule has 0 saturated carbocycles. The summed E-state index contributed by atoms with van der Waals surface area (Å²) in [7, 11) is 0. The van der Waals surface area contributed by atoms with E-state index < -0.39 is 6.04 Å². The van der Waals surface area contributed by atoms with E-state index in [1.807, 2.05) is 0 Å². The maximum atomic E-state index is 12.6. The summed E-state index contributed by atoms with van der Waals surface area (Å²) in [6.45, 7) is 2.41. The zero-order valence-corrected chi connectivity index (χ0v) is 12.5. The van der Waals surface area contributed by atoms with E-state index in [9.17, 15) is 9.59 Å². The van der Waals surface area contributed by atoms with Crippen LogP contribution in [-0.4, -0.2) is 35.3 Å². The van der Waals surface area contributed by atoms with Crippen LogP contribution in [-0.2, 0) is 9.59 Å². The first-order valence-electron chi connectivity index (χ1n) is 6.58. The van der Waals surface area contributed by atoms with Gasteiger partial charge in [-0.15, -0.1) is 0 Å². The van der Waals surface area contributed by atoms with E-state index in [2.05, 4.69) is 0 Å². The molecule has 0 aromatic heterocycles. The van der Waals surface area contributed by atoms with E-state index in [1.165, 1.54) is 4.90 Å². The van der Waals surface area contributed by atoms with Gasteiger partial charge in [0.15, 0.2) is 0 Å². The average molecular weight is 313 g/mol. The highest BCUT2D eigenvalue weighted by Crippen LogP contribution is 2.33. The molecule has 4 nitrogen and oxygen atoms in total. The van der Waals surface area contributed by atoms with Crippen LogP contribution in [0.25, 0.3) is 0 Å². The quantitative estimate of drug-likeness (QED) is 0.800. The Bertz CT molecular complexity index is 570. The Morgan fingerprint density at radius 2 is 1.75 bits per heavy atom. The summed E-state index contributed by atoms with van der Waals surface area (Å²) in [6.07, 6.45) is 1.60. The summed E-state index contributed by atoms with van der Waals surface area (Å²) in [5.74, 6) is -0.0591. The van der Waals surface area contributed by atoms with Crippen LogP contribution >= 0.6 is 23.2 Å². The summed E-state index contributed by atoms with van der Waals surface area (Å²) in [4.78, 5) is 28.2. The number of benzene rings is 1. The number of hydrogen-bond donors (Lipinski definition) is 0. The summed E-state index contributed by atoms with van der Waals surface area (Å²) >= 11 is 12.0. The summed E-state index contributed by atoms with van der Waals surface area (Å²) in [6, 6.07) is 4.08. The second-order valence-corrected chi connectivity index (χ2v) is 6.07. The largest absolute Gasteiger partial charge is 0.329 e. The topological polar surface area (TPSA) is 40.6 Å². The van der Waals surface area contributed by atoms with Crippen LogP contribution in [0.5, 0.6) is 0 Å². The lowest BCUT2D eigenvalue weighted by atomic mass is 10.1. The molecule has 3 rings (SSSR count). The molecule has 0 spiro atoms. The van der Waals surface area contributed by atoms with Crippen molar-refractivity contribution in [2.75, 3.05) is 11.4 Å². The van der Waals surface area contributed by atoms with E-state index in [4.69, 9.17) is 23.2 Å². The molecule has 6 heteroatoms. The Balaban J connectivity index is 2.03. The molecule has 2 atom stereocenters. The molecule has 2 heterocycles. The van der Waals surface area contributed by atoms with Crippen molar-refractivity contribution in [3.63, 3.8) is 0 Å². The van der Waals surface area contributed by atoms with Crippen LogP contribution in [0.2, 0.25) is 10.0 Å². The van der Waals surface area contributed by atoms with Crippen molar-refractivity contribution in [1.82, 2.24) is 4.90 Å². The predicted octanol–water partition coefficient (Wildman–Crippen LogP) is 2.72. The first-order valence-corrected chi connectivity index (χ1v) is 7.34. The van der Waals surface area contributed by atoms with Gasteiger partial charge in [0.25, 0.3) is 5.91 Å². The number of anilines is 1. The molecule has 2 unspecified atom stereocenters. The summed E-state index contributed by atoms with van der Waals surface area (Å²) in [5.41, 5.74) is 0.583. The molecule has 2 aliphatic rings. The Kier molecular flexibility index (Phi) is 3.38. The normalized spacial score (nSPS) is 26.1. The number of nitrogens with zero attached hydrogens (tertiary/aromatic N) is 2. The van der Waals surface area contributed by atoms with Crippen molar-refractivity contribution in [1.29, 1.82) is 0 Å². The third-order valence-electron chi connectivity index (χ3n) is 3.93. The second-order valence-electron chi connectivity index (χ2n) is 5.20. The maximum absolute atomic E-state index is 12.6. The number of carbonyl (C=O) groups excluding carboxylic acids is 2. The lowest BCUT2D eigenvalue weighted by Gasteiger charge is -2.40. The van der Waals surface area contributed by atoms with Gasteiger partial charge in [0.05, 0.1) is 0 Å². The van der Waals surface area contributed by atoms with Crippen molar-refractivity contribution in [2.24, 2.45) is 0 Å². The monoisotopic (exact) mass is 312 g/mol. The van der Waals surface area contributed by atoms with Gasteiger partial charge in [-0.25, -0.2) is 0 Å². The minimum absolute atomic E-state index is 0.0109. The van der Waals surface area contributed by atoms with Crippen LogP contribution in [0.15, 0.2) is 18.2 Å². The van der Waals surface area contributed by atoms with Gasteiger partial charge in [0.1, 0.15) is 12.1 Å². The molecule has 2 amide bonds. The molecule has 0 aliphatic carbocycles. The molecule has 2 aliphatic heterocycles. The molecule has 2 saturated heterocycles. The Morgan fingerprint density at radius 3 is 2.40 bits per heavy atom. The number of amides is 2. The standard InChI is InChI=1S/C14H14Cl2N2O2/c1-8-13(19)17-4-2-3-12(17)14(20)18(8)11-6-9(15)5-10(16)7-11/h5-8,12H,2-4H2,1H3. The van der Waals surface area contributed by atoms with Gasteiger partial charge in [-0.05, 0) is 38.0 Å². The van der Waals surface area contributed by atoms with Crippen LogP contribution in [0, 0.1) is 0 Å². The first-order chi connectivity index (χ1) is 9.49. The van der Waals surface area contributed by atoms with Gasteiger partial charge in [-0.3, -0.25) is 14.5 Å². The lowest BCUT2D eigenvalue weighted by Crippen LogP contribution is -2.62. The minimum Gasteiger partial charge on any atom is -0.329 e. The molecule has 106 valence electrons. The molecule has 1 aromatic carbocycles. The maximum Gasteiger partial charge on any atom is 0.250 e. The van der Waals surface area contributed by atoms with E-state index in [0.29, 0.717) is 22.3 Å². The summed E-state index contributed by atoms with van der Waals surface area (Å²) in [5, 5.41) is 0.905. The molecule has 0 radical (unpaired) electrons. The third-order valence-corrected chi connectivity index (χ3v) is 4.36. The molecule has 1 aromatic rings. The Labute approximate surface area is 127 Å². The number of hydrogen-bond acceptors (Lipinski definition) is 2. The number of fused-ring (bicyclic) bond motifs is 1. The molecule has 0 N–H and O–H groups in total. The van der Waals surface area contributed by atoms with E-state index in [-0.39, 0.29) is 17.9 Å². The predicted molar refractivity (Wildman–Crippen MR) is 78.1 cm³/mol. The number of halogens is 2. The molecule has 2 fully saturated rings. The highest BCUT2D eigenvalue weighted by molar-refractivity contribution is 6.35. The van der Waals surface area contributed by atoms with Gasteiger partial charge in [-0.1, -0.05) is 23.2 Å². The Hall–Kier alpha value is -1.26. The van der Waals surface area contributed by atoms with Gasteiger partial charge in [0.2, 0.25) is 5.91 Å². The van der Waals surface area contributed by atoms with Crippen LogP contribution in [0.1, 0.15) is 19.8 Å². The fourth-order valence-electron chi connectivity index (χ4n) is 3.02. The van der Waals surface area contributed by atoms with Crippen molar-refractivity contribution in [2.45, 2.75) is 31.8 Å². The Morgan fingerprint density at radius 1 is 1.10 bits per heavy atom. The number of piperazine rings is 1. The van der Waals surface area contributed by atoms with Gasteiger partial charge in [-0.2, -0.15) is 0 Å². The van der Waals surface area contributed by atoms with E-state index in [1.54, 1.807) is 30.0 Å². The zero-order chi connectivity index (χ0) is 14.4. The van der Waals surface area contributed by atoms with Crippen LogP contribution in [0.4, 0.5) is 5.69 Å². The molecular formula is C14H14Cl2N2O2. The highest BCUT2D eigenvalue weighted by atomic mass is 35.5. The van der Waals surface area contributed by atoms with Crippen LogP contribution in [0.3, 0.4) is 0 Å². The van der Waals surface area contributed by atoms with E-state index >= 15 is 0 Å². The van der Waals surface area contributed by atoms with Crippen molar-refractivity contribution >= 4 is 40.7 Å². The van der Waals surface area contributed by atoms with E-state index in [0.717, 1.165) is 12.8 Å². The van der Waals surface area contributed by atoms with Gasteiger partial charge >= 0.3 is 0 Å². The van der Waals surface area contributed by atoms with Crippen molar-refractivity contribution in [3.8, 4) is 0 Å². The number of rotatable bonds is 1. The van der Waals surface area contributed by atoms with Gasteiger partial charge < -0.3 is 4.90 Å². The SMILES string of the molecule is CC1C(=O)N2CCCC2C(=O)N1c1cc(Cl)cc(Cl)c1. The van der Waals surface area contributed by atoms with Crippen molar-refractivity contribution < 1.29 is 9.59 Å². The average Bonchev–Trinajstić information content (AvgIpc) is 2.85. The fraction of sp³-hybridized carbons (Fsp3) is 0.429. The zero-order valence-electron chi connectivity index (χ0n) is 11.0. The summed E-state index contributed by atoms with van der Waals surface area (Å²) < 4.78 is 0. The van der Waals surface area contributed by atoms with Crippen LogP contribution < -0.4 is 4.90 Å². The smallest absolute Gasteiger partial charge is 0.250 e. The third kappa shape index (κ3) is 2.07. The molecular weight excluding hydrogens is 299 g/mol. The molecule has 20 heavy (non-hydrogen) atoms. The first kappa shape index (κ1) is 13.7. The molecule has 0 bridgehead atoms. The fourth-order valence-corrected chi connectivity index (χ4v) is 3.53. The van der Waals surface area contributed by atoms with Crippen molar-refractivity contribution in [3.05, 3.63) is 28.2 Å². The number of carbonyl (C=O) groups is 2. The minimum atomic E-state index is -0.522. The lowest BCUT2D eigenvalue weighted by molar-refractivity contribution is -0.143. The second kappa shape index (κ2) is 4.93. The van der Waals surface area contributed by atoms with Gasteiger partial charge in [0, 0.05) is 22.3 Å².